The van der Waals surface area contributed by atoms with Gasteiger partial charge in [-0.25, -0.2) is 0 Å². The minimum absolute atomic E-state index is 0.108. The molecule has 0 unspecified atom stereocenters. The van der Waals surface area contributed by atoms with Crippen LogP contribution in [0.25, 0.3) is 0 Å². The molecule has 32 heavy (non-hydrogen) atoms. The van der Waals surface area contributed by atoms with Gasteiger partial charge in [-0.15, -0.1) is 0 Å². The lowest BCUT2D eigenvalue weighted by molar-refractivity contribution is 0.0642. The summed E-state index contributed by atoms with van der Waals surface area (Å²) in [6.07, 6.45) is 4.49. The predicted octanol–water partition coefficient (Wildman–Crippen LogP) is 2.85. The molecule has 2 saturated heterocycles. The number of rotatable bonds is 5. The summed E-state index contributed by atoms with van der Waals surface area (Å²) in [6, 6.07) is 12.6. The number of piperidine rings is 1. The van der Waals surface area contributed by atoms with Crippen molar-refractivity contribution in [1.82, 2.24) is 15.1 Å². The molecular weight excluding hydrogens is 406 g/mol. The highest BCUT2D eigenvalue weighted by Gasteiger charge is 2.37. The smallest absolute Gasteiger partial charge is 0.261 e. The van der Waals surface area contributed by atoms with Gasteiger partial charge in [0.05, 0.1) is 30.3 Å². The molecule has 2 aromatic carbocycles. The highest BCUT2D eigenvalue weighted by molar-refractivity contribution is 6.21. The number of methoxy groups -OCH3 is 1. The Morgan fingerprint density at radius 2 is 1.78 bits per heavy atom. The second-order valence-electron chi connectivity index (χ2n) is 8.74. The topological polar surface area (TPSA) is 78.9 Å². The van der Waals surface area contributed by atoms with Gasteiger partial charge in [0, 0.05) is 18.6 Å². The number of nitrogens with one attached hydrogen (secondary N) is 1. The van der Waals surface area contributed by atoms with Gasteiger partial charge in [0.15, 0.2) is 0 Å². The molecule has 166 valence electrons. The van der Waals surface area contributed by atoms with Gasteiger partial charge in [0.2, 0.25) is 0 Å². The lowest BCUT2D eigenvalue weighted by Gasteiger charge is -2.32. The molecular formula is C25H27N3O4. The molecule has 0 radical (unpaired) electrons. The van der Waals surface area contributed by atoms with Gasteiger partial charge in [-0.2, -0.15) is 0 Å². The summed E-state index contributed by atoms with van der Waals surface area (Å²) in [7, 11) is 1.54. The van der Waals surface area contributed by atoms with Crippen molar-refractivity contribution in [2.75, 3.05) is 20.2 Å². The summed E-state index contributed by atoms with van der Waals surface area (Å²) >= 11 is 0. The molecule has 2 aromatic rings. The maximum Gasteiger partial charge on any atom is 0.261 e. The fourth-order valence-electron chi connectivity index (χ4n) is 5.26. The zero-order valence-electron chi connectivity index (χ0n) is 18.2. The van der Waals surface area contributed by atoms with Crippen molar-refractivity contribution in [1.29, 1.82) is 0 Å². The van der Waals surface area contributed by atoms with E-state index in [2.05, 4.69) is 10.2 Å². The first-order valence-electron chi connectivity index (χ1n) is 11.2. The highest BCUT2D eigenvalue weighted by atomic mass is 16.5. The number of ether oxygens (including phenoxy) is 1. The van der Waals surface area contributed by atoms with E-state index in [1.165, 1.54) is 24.9 Å². The van der Waals surface area contributed by atoms with E-state index in [9.17, 15) is 14.4 Å². The third-order valence-electron chi connectivity index (χ3n) is 6.90. The number of carbonyl (C=O) groups is 3. The summed E-state index contributed by atoms with van der Waals surface area (Å²) < 4.78 is 5.44. The van der Waals surface area contributed by atoms with Crippen LogP contribution in [0.15, 0.2) is 42.5 Å². The molecule has 5 rings (SSSR count). The van der Waals surface area contributed by atoms with Crippen LogP contribution in [0.5, 0.6) is 5.75 Å². The van der Waals surface area contributed by atoms with E-state index in [1.54, 1.807) is 42.5 Å². The monoisotopic (exact) mass is 433 g/mol. The number of benzene rings is 2. The Kier molecular flexibility index (Phi) is 5.43. The van der Waals surface area contributed by atoms with Crippen LogP contribution in [-0.2, 0) is 6.54 Å². The first-order valence-corrected chi connectivity index (χ1v) is 11.2. The van der Waals surface area contributed by atoms with Gasteiger partial charge in [0.25, 0.3) is 17.7 Å². The minimum atomic E-state index is -0.309. The van der Waals surface area contributed by atoms with Crippen molar-refractivity contribution >= 4 is 17.7 Å². The second-order valence-corrected chi connectivity index (χ2v) is 8.74. The largest absolute Gasteiger partial charge is 0.496 e. The quantitative estimate of drug-likeness (QED) is 0.734. The maximum atomic E-state index is 13.2. The van der Waals surface area contributed by atoms with E-state index >= 15 is 0 Å². The lowest BCUT2D eigenvalue weighted by atomic mass is 9.98. The molecule has 3 aliphatic heterocycles. The fraction of sp³-hybridized carbons (Fsp3) is 0.400. The van der Waals surface area contributed by atoms with E-state index in [1.807, 2.05) is 0 Å². The van der Waals surface area contributed by atoms with Crippen molar-refractivity contribution in [3.8, 4) is 5.75 Å². The molecule has 2 fully saturated rings. The Labute approximate surface area is 187 Å². The van der Waals surface area contributed by atoms with Crippen LogP contribution in [0, 0.1) is 0 Å². The molecule has 7 heteroatoms. The number of carbonyl (C=O) groups excluding carboxylic acids is 3. The molecule has 0 saturated carbocycles. The Hall–Kier alpha value is -3.19. The van der Waals surface area contributed by atoms with Gasteiger partial charge in [-0.3, -0.25) is 24.2 Å². The molecule has 1 N–H and O–H groups in total. The van der Waals surface area contributed by atoms with Gasteiger partial charge in [-0.1, -0.05) is 24.6 Å². The number of imide groups is 1. The van der Waals surface area contributed by atoms with E-state index in [4.69, 9.17) is 4.74 Å². The molecule has 0 spiro atoms. The van der Waals surface area contributed by atoms with E-state index < -0.39 is 0 Å². The zero-order chi connectivity index (χ0) is 22.2. The summed E-state index contributed by atoms with van der Waals surface area (Å²) in [5.41, 5.74) is 1.97. The third kappa shape index (κ3) is 3.56. The van der Waals surface area contributed by atoms with Crippen molar-refractivity contribution in [3.05, 3.63) is 64.7 Å². The summed E-state index contributed by atoms with van der Waals surface area (Å²) in [5.74, 6) is -0.317. The van der Waals surface area contributed by atoms with Gasteiger partial charge < -0.3 is 10.1 Å². The molecule has 7 nitrogen and oxygen atoms in total. The summed E-state index contributed by atoms with van der Waals surface area (Å²) in [4.78, 5) is 42.3. The first-order chi connectivity index (χ1) is 15.6. The van der Waals surface area contributed by atoms with Crippen molar-refractivity contribution in [3.63, 3.8) is 0 Å². The van der Waals surface area contributed by atoms with E-state index in [0.717, 1.165) is 25.9 Å². The Morgan fingerprint density at radius 3 is 2.50 bits per heavy atom. The van der Waals surface area contributed by atoms with Gasteiger partial charge in [-0.05, 0) is 55.6 Å². The third-order valence-corrected chi connectivity index (χ3v) is 6.90. The van der Waals surface area contributed by atoms with Crippen LogP contribution in [0.4, 0.5) is 0 Å². The SMILES string of the molecule is COc1ccc(CN2C(=O)c3ccccc3C2=O)cc1C(=O)N[C@H]1CCN2CCCC[C@@H]12. The summed E-state index contributed by atoms with van der Waals surface area (Å²) in [5, 5.41) is 3.21. The molecule has 3 heterocycles. The molecule has 3 aliphatic rings. The van der Waals surface area contributed by atoms with Crippen molar-refractivity contribution in [2.45, 2.75) is 44.3 Å². The van der Waals surface area contributed by atoms with Crippen LogP contribution in [-0.4, -0.2) is 59.8 Å². The summed E-state index contributed by atoms with van der Waals surface area (Å²) in [6.45, 7) is 2.24. The molecule has 3 amide bonds. The molecule has 0 aromatic heterocycles. The maximum absolute atomic E-state index is 13.2. The Balaban J connectivity index is 1.35. The van der Waals surface area contributed by atoms with Gasteiger partial charge >= 0.3 is 0 Å². The number of nitrogens with zero attached hydrogens (tertiary/aromatic N) is 2. The number of fused-ring (bicyclic) bond motifs is 2. The van der Waals surface area contributed by atoms with E-state index in [0.29, 0.717) is 34.0 Å². The van der Waals surface area contributed by atoms with Crippen LogP contribution < -0.4 is 10.1 Å². The van der Waals surface area contributed by atoms with Crippen molar-refractivity contribution in [2.24, 2.45) is 0 Å². The van der Waals surface area contributed by atoms with Crippen LogP contribution in [0.3, 0.4) is 0 Å². The van der Waals surface area contributed by atoms with Crippen LogP contribution in [0.1, 0.15) is 62.3 Å². The van der Waals surface area contributed by atoms with E-state index in [-0.39, 0.29) is 30.3 Å². The highest BCUT2D eigenvalue weighted by Crippen LogP contribution is 2.29. The van der Waals surface area contributed by atoms with Crippen molar-refractivity contribution < 1.29 is 19.1 Å². The fourth-order valence-corrected chi connectivity index (χ4v) is 5.26. The van der Waals surface area contributed by atoms with Crippen LogP contribution in [0.2, 0.25) is 0 Å². The predicted molar refractivity (Wildman–Crippen MR) is 119 cm³/mol. The molecule has 0 bridgehead atoms. The first kappa shape index (κ1) is 20.7. The minimum Gasteiger partial charge on any atom is -0.496 e. The van der Waals surface area contributed by atoms with Gasteiger partial charge in [0.1, 0.15) is 5.75 Å². The molecule has 2 atom stereocenters. The second kappa shape index (κ2) is 8.39. The zero-order valence-corrected chi connectivity index (χ0v) is 18.2. The number of hydrogen-bond acceptors (Lipinski definition) is 5. The number of amides is 3. The Morgan fingerprint density at radius 1 is 1.03 bits per heavy atom. The lowest BCUT2D eigenvalue weighted by Crippen LogP contribution is -2.46. The standard InChI is InChI=1S/C25H27N3O4/c1-32-22-10-9-16(15-28-24(30)17-6-2-3-7-18(17)25(28)31)14-19(22)23(29)26-20-11-13-27-12-5-4-8-21(20)27/h2-3,6-7,9-10,14,20-21H,4-5,8,11-13,15H2,1H3,(H,26,29)/t20-,21-/m0/s1. The normalized spacial score (nSPS) is 22.6. The Bertz CT molecular complexity index is 1050. The molecule has 0 aliphatic carbocycles. The average Bonchev–Trinajstić information content (AvgIpc) is 3.34. The van der Waals surface area contributed by atoms with Crippen LogP contribution >= 0.6 is 0 Å². The average molecular weight is 434 g/mol. The number of hydrogen-bond donors (Lipinski definition) is 1.